The van der Waals surface area contributed by atoms with E-state index in [1.807, 2.05) is 45.2 Å². The van der Waals surface area contributed by atoms with E-state index in [-0.39, 0.29) is 0 Å². The Morgan fingerprint density at radius 2 is 1.04 bits per heavy atom. The Labute approximate surface area is 159 Å². The third kappa shape index (κ3) is 4.27. The molecule has 136 valence electrons. The first-order valence-electron chi connectivity index (χ1n) is 7.00. The molecule has 23 heavy (non-hydrogen) atoms. The number of hydrogen-bond acceptors (Lipinski definition) is 9. The number of rotatable bonds is 4. The van der Waals surface area contributed by atoms with E-state index in [1.165, 1.54) is 0 Å². The van der Waals surface area contributed by atoms with E-state index < -0.39 is 70.3 Å². The van der Waals surface area contributed by atoms with E-state index in [9.17, 15) is 30.6 Å². The van der Waals surface area contributed by atoms with E-state index in [0.717, 1.165) is 0 Å². The molecule has 11 heteroatoms. The molecular formula is C12H20I2O9. The van der Waals surface area contributed by atoms with Gasteiger partial charge in [-0.05, 0) is 0 Å². The second kappa shape index (κ2) is 8.66. The predicted octanol–water partition coefficient (Wildman–Crippen LogP) is -2.51. The molecule has 2 saturated heterocycles. The van der Waals surface area contributed by atoms with Crippen molar-refractivity contribution in [3.8, 4) is 0 Å². The third-order valence-electron chi connectivity index (χ3n) is 3.88. The first kappa shape index (κ1) is 20.4. The normalized spacial score (nSPS) is 51.7. The first-order chi connectivity index (χ1) is 10.8. The second-order valence-corrected chi connectivity index (χ2v) is 8.31. The summed E-state index contributed by atoms with van der Waals surface area (Å²) >= 11 is 3.71. The van der Waals surface area contributed by atoms with E-state index in [2.05, 4.69) is 0 Å². The maximum absolute atomic E-state index is 10.0. The molecule has 2 aliphatic heterocycles. The van der Waals surface area contributed by atoms with Crippen LogP contribution < -0.4 is 0 Å². The molecule has 6 unspecified atom stereocenters. The zero-order valence-corrected chi connectivity index (χ0v) is 16.2. The lowest BCUT2D eigenvalue weighted by molar-refractivity contribution is -0.325. The highest BCUT2D eigenvalue weighted by Gasteiger charge is 2.48. The standard InChI is InChI=1S/C12H20I2O9/c13-5-9(19)7(17)3(1-15)21-11(5)23-12-6(14)10(20)8(18)4(2-16)22-12/h3-12,15-20H,1-2H2/t3?,4?,5?,6?,7-,8-,9?,10?,11-,12-/m1/s1. The summed E-state index contributed by atoms with van der Waals surface area (Å²) < 4.78 is 15.2. The summed E-state index contributed by atoms with van der Waals surface area (Å²) in [6.07, 6.45) is -8.88. The van der Waals surface area contributed by atoms with Crippen molar-refractivity contribution in [2.75, 3.05) is 13.2 Å². The van der Waals surface area contributed by atoms with E-state index in [1.54, 1.807) is 0 Å². The summed E-state index contributed by atoms with van der Waals surface area (Å²) in [4.78, 5) is 0. The van der Waals surface area contributed by atoms with Gasteiger partial charge in [0.1, 0.15) is 24.4 Å². The number of aliphatic hydroxyl groups excluding tert-OH is 6. The first-order valence-corrected chi connectivity index (χ1v) is 9.49. The number of aliphatic hydroxyl groups is 6. The SMILES string of the molecule is OCC1O[C@H](O[C@H]2OC(CO)[C@@H](O)C(O)C2I)C(I)C(O)[C@@H]1O. The van der Waals surface area contributed by atoms with Crippen LogP contribution in [0.2, 0.25) is 0 Å². The molecule has 0 radical (unpaired) electrons. The lowest BCUT2D eigenvalue weighted by Gasteiger charge is -2.44. The lowest BCUT2D eigenvalue weighted by Crippen LogP contribution is -2.61. The van der Waals surface area contributed by atoms with Crippen molar-refractivity contribution in [3.63, 3.8) is 0 Å². The van der Waals surface area contributed by atoms with Crippen LogP contribution in [0, 0.1) is 0 Å². The van der Waals surface area contributed by atoms with Crippen LogP contribution in [-0.2, 0) is 14.2 Å². The average molecular weight is 562 g/mol. The molecule has 0 bridgehead atoms. The van der Waals surface area contributed by atoms with Gasteiger partial charge in [0, 0.05) is 0 Å². The summed E-state index contributed by atoms with van der Waals surface area (Å²) in [5, 5.41) is 58.0. The molecule has 0 aromatic heterocycles. The highest BCUT2D eigenvalue weighted by Crippen LogP contribution is 2.33. The van der Waals surface area contributed by atoms with Gasteiger partial charge >= 0.3 is 0 Å². The molecule has 10 atom stereocenters. The second-order valence-electron chi connectivity index (χ2n) is 5.44. The molecule has 0 saturated carbocycles. The van der Waals surface area contributed by atoms with E-state index in [0.29, 0.717) is 0 Å². The van der Waals surface area contributed by atoms with Crippen LogP contribution in [0.3, 0.4) is 0 Å². The average Bonchev–Trinajstić information content (AvgIpc) is 2.55. The van der Waals surface area contributed by atoms with Crippen LogP contribution >= 0.6 is 45.2 Å². The van der Waals surface area contributed by atoms with E-state index >= 15 is 0 Å². The summed E-state index contributed by atoms with van der Waals surface area (Å²) in [7, 11) is 0. The van der Waals surface area contributed by atoms with Gasteiger partial charge < -0.3 is 44.8 Å². The topological polar surface area (TPSA) is 149 Å². The molecule has 2 rings (SSSR count). The summed E-state index contributed by atoms with van der Waals surface area (Å²) in [5.41, 5.74) is 0. The molecule has 0 aromatic rings. The number of alkyl halides is 2. The Hall–Kier alpha value is 1.10. The molecule has 2 aliphatic rings. The fraction of sp³-hybridized carbons (Fsp3) is 1.00. The number of halogens is 2. The van der Waals surface area contributed by atoms with Crippen molar-refractivity contribution in [3.05, 3.63) is 0 Å². The Morgan fingerprint density at radius 3 is 1.35 bits per heavy atom. The van der Waals surface area contributed by atoms with Gasteiger partial charge in [0.25, 0.3) is 0 Å². The van der Waals surface area contributed by atoms with Crippen LogP contribution in [-0.4, -0.2) is 101 Å². The van der Waals surface area contributed by atoms with Crippen LogP contribution in [0.1, 0.15) is 0 Å². The predicted molar refractivity (Wildman–Crippen MR) is 92.2 cm³/mol. The fourth-order valence-electron chi connectivity index (χ4n) is 2.44. The fourth-order valence-corrected chi connectivity index (χ4v) is 3.97. The Balaban J connectivity index is 2.07. The summed E-state index contributed by atoms with van der Waals surface area (Å²) in [5.74, 6) is 0. The molecule has 6 N–H and O–H groups in total. The van der Waals surface area contributed by atoms with Crippen molar-refractivity contribution in [1.29, 1.82) is 0 Å². The van der Waals surface area contributed by atoms with Crippen LogP contribution in [0.25, 0.3) is 0 Å². The zero-order valence-electron chi connectivity index (χ0n) is 11.9. The van der Waals surface area contributed by atoms with Gasteiger partial charge in [0.05, 0.1) is 33.3 Å². The highest BCUT2D eigenvalue weighted by molar-refractivity contribution is 14.1. The molecule has 9 nitrogen and oxygen atoms in total. The molecule has 0 amide bonds. The summed E-state index contributed by atoms with van der Waals surface area (Å²) in [6, 6.07) is 0. The van der Waals surface area contributed by atoms with Crippen LogP contribution in [0.15, 0.2) is 0 Å². The van der Waals surface area contributed by atoms with Crippen LogP contribution in [0.5, 0.6) is 0 Å². The minimum atomic E-state index is -1.25. The Bertz CT molecular complexity index is 352. The maximum atomic E-state index is 10.0. The van der Waals surface area contributed by atoms with Crippen LogP contribution in [0.4, 0.5) is 0 Å². The van der Waals surface area contributed by atoms with Crippen molar-refractivity contribution in [1.82, 2.24) is 0 Å². The minimum Gasteiger partial charge on any atom is -0.394 e. The highest BCUT2D eigenvalue weighted by atomic mass is 127. The lowest BCUT2D eigenvalue weighted by atomic mass is 10.0. The van der Waals surface area contributed by atoms with Crippen molar-refractivity contribution in [2.24, 2.45) is 0 Å². The van der Waals surface area contributed by atoms with Crippen molar-refractivity contribution < 1.29 is 44.8 Å². The Kier molecular flexibility index (Phi) is 7.68. The van der Waals surface area contributed by atoms with Gasteiger partial charge in [-0.3, -0.25) is 0 Å². The molecule has 2 heterocycles. The van der Waals surface area contributed by atoms with Gasteiger partial charge in [-0.25, -0.2) is 0 Å². The molecular weight excluding hydrogens is 542 g/mol. The molecule has 2 fully saturated rings. The molecule has 0 spiro atoms. The van der Waals surface area contributed by atoms with Gasteiger partial charge in [0.15, 0.2) is 12.6 Å². The number of ether oxygens (including phenoxy) is 3. The quantitative estimate of drug-likeness (QED) is 0.162. The summed E-state index contributed by atoms with van der Waals surface area (Å²) in [6.45, 7) is -0.998. The third-order valence-corrected chi connectivity index (χ3v) is 6.53. The monoisotopic (exact) mass is 562 g/mol. The van der Waals surface area contributed by atoms with Gasteiger partial charge in [-0.1, -0.05) is 45.2 Å². The van der Waals surface area contributed by atoms with E-state index in [4.69, 9.17) is 14.2 Å². The molecule has 0 aliphatic carbocycles. The van der Waals surface area contributed by atoms with Crippen molar-refractivity contribution >= 4 is 45.2 Å². The zero-order chi connectivity index (χ0) is 17.3. The smallest absolute Gasteiger partial charge is 0.175 e. The number of hydrogen-bond donors (Lipinski definition) is 6. The Morgan fingerprint density at radius 1 is 0.696 bits per heavy atom. The van der Waals surface area contributed by atoms with Gasteiger partial charge in [0.2, 0.25) is 0 Å². The largest absolute Gasteiger partial charge is 0.394 e. The van der Waals surface area contributed by atoms with Crippen molar-refractivity contribution in [2.45, 2.75) is 57.1 Å². The maximum Gasteiger partial charge on any atom is 0.175 e. The van der Waals surface area contributed by atoms with Gasteiger partial charge in [-0.2, -0.15) is 0 Å². The molecule has 0 aromatic carbocycles. The van der Waals surface area contributed by atoms with Gasteiger partial charge in [-0.15, -0.1) is 0 Å². The minimum absolute atomic E-state index is 0.499.